The van der Waals surface area contributed by atoms with E-state index in [-0.39, 0.29) is 0 Å². The monoisotopic (exact) mass is 379 g/mol. The molecule has 4 rings (SSSR count). The van der Waals surface area contributed by atoms with Gasteiger partial charge in [0, 0.05) is 49.6 Å². The van der Waals surface area contributed by atoms with Crippen LogP contribution in [0.1, 0.15) is 11.1 Å². The molecule has 5 N–H and O–H groups in total. The van der Waals surface area contributed by atoms with E-state index < -0.39 is 0 Å². The fourth-order valence-electron chi connectivity index (χ4n) is 3.56. The van der Waals surface area contributed by atoms with Crippen LogP contribution in [0.25, 0.3) is 16.7 Å². The molecule has 0 saturated carbocycles. The number of anilines is 1. The van der Waals surface area contributed by atoms with Crippen molar-refractivity contribution in [2.24, 2.45) is 11.5 Å². The Morgan fingerprint density at radius 1 is 1.21 bits per heavy atom. The van der Waals surface area contributed by atoms with Crippen molar-refractivity contribution in [1.82, 2.24) is 10.3 Å². The number of rotatable bonds is 4. The van der Waals surface area contributed by atoms with Crippen LogP contribution in [0.5, 0.6) is 5.88 Å². The van der Waals surface area contributed by atoms with Gasteiger partial charge in [0.15, 0.2) is 5.88 Å². The van der Waals surface area contributed by atoms with Crippen molar-refractivity contribution in [3.8, 4) is 17.0 Å². The molecule has 0 aliphatic carbocycles. The van der Waals surface area contributed by atoms with Crippen LogP contribution in [-0.4, -0.2) is 38.3 Å². The lowest BCUT2D eigenvalue weighted by Crippen LogP contribution is -2.43. The SMILES string of the molecule is CO/C(N)=C/C(=C\N)c1ccc2c(c1)COc1nc(N3CCNCC3)ccc1-2. The van der Waals surface area contributed by atoms with Crippen LogP contribution in [0.3, 0.4) is 0 Å². The molecule has 0 bridgehead atoms. The zero-order valence-electron chi connectivity index (χ0n) is 15.9. The average molecular weight is 379 g/mol. The normalized spacial score (nSPS) is 16.8. The smallest absolute Gasteiger partial charge is 0.223 e. The molecule has 1 aromatic carbocycles. The van der Waals surface area contributed by atoms with E-state index in [1.54, 1.807) is 6.08 Å². The Balaban J connectivity index is 1.65. The van der Waals surface area contributed by atoms with E-state index in [0.29, 0.717) is 18.4 Å². The van der Waals surface area contributed by atoms with Crippen molar-refractivity contribution in [2.45, 2.75) is 6.61 Å². The molecule has 3 heterocycles. The molecule has 0 radical (unpaired) electrons. The highest BCUT2D eigenvalue weighted by molar-refractivity contribution is 5.80. The number of pyridine rings is 1. The zero-order valence-corrected chi connectivity index (χ0v) is 15.9. The highest BCUT2D eigenvalue weighted by Crippen LogP contribution is 2.38. The second-order valence-corrected chi connectivity index (χ2v) is 6.79. The summed E-state index contributed by atoms with van der Waals surface area (Å²) in [6.07, 6.45) is 3.23. The van der Waals surface area contributed by atoms with Gasteiger partial charge in [-0.25, -0.2) is 0 Å². The Hall–Kier alpha value is -3.19. The highest BCUT2D eigenvalue weighted by atomic mass is 16.5. The number of allylic oxidation sites excluding steroid dienone is 2. The Bertz CT molecular complexity index is 932. The number of benzene rings is 1. The second-order valence-electron chi connectivity index (χ2n) is 6.79. The summed E-state index contributed by atoms with van der Waals surface area (Å²) in [5.41, 5.74) is 16.5. The Labute approximate surface area is 164 Å². The van der Waals surface area contributed by atoms with Gasteiger partial charge in [-0.05, 0) is 34.9 Å². The molecule has 0 spiro atoms. The molecule has 28 heavy (non-hydrogen) atoms. The number of hydrogen-bond donors (Lipinski definition) is 3. The van der Waals surface area contributed by atoms with Gasteiger partial charge in [-0.2, -0.15) is 4.98 Å². The molecule has 1 fully saturated rings. The molecule has 7 nitrogen and oxygen atoms in total. The van der Waals surface area contributed by atoms with Gasteiger partial charge in [0.1, 0.15) is 12.4 Å². The summed E-state index contributed by atoms with van der Waals surface area (Å²) >= 11 is 0. The Morgan fingerprint density at radius 3 is 2.75 bits per heavy atom. The predicted molar refractivity (Wildman–Crippen MR) is 111 cm³/mol. The van der Waals surface area contributed by atoms with Gasteiger partial charge in [0.05, 0.1) is 7.11 Å². The van der Waals surface area contributed by atoms with Crippen LogP contribution in [-0.2, 0) is 11.3 Å². The minimum atomic E-state index is 0.306. The molecule has 146 valence electrons. The van der Waals surface area contributed by atoms with Crippen molar-refractivity contribution in [3.05, 3.63) is 59.6 Å². The molecule has 0 unspecified atom stereocenters. The number of nitrogens with zero attached hydrogens (tertiary/aromatic N) is 2. The first-order valence-corrected chi connectivity index (χ1v) is 9.36. The van der Waals surface area contributed by atoms with Gasteiger partial charge >= 0.3 is 0 Å². The summed E-state index contributed by atoms with van der Waals surface area (Å²) in [5.74, 6) is 1.96. The van der Waals surface area contributed by atoms with E-state index >= 15 is 0 Å². The van der Waals surface area contributed by atoms with Gasteiger partial charge in [-0.15, -0.1) is 0 Å². The molecule has 1 aromatic heterocycles. The van der Waals surface area contributed by atoms with Crippen LogP contribution in [0, 0.1) is 0 Å². The number of aromatic nitrogens is 1. The van der Waals surface area contributed by atoms with Gasteiger partial charge in [-0.1, -0.05) is 12.1 Å². The van der Waals surface area contributed by atoms with Crippen LogP contribution < -0.4 is 26.4 Å². The number of hydrogen-bond acceptors (Lipinski definition) is 7. The summed E-state index contributed by atoms with van der Waals surface area (Å²) in [6, 6.07) is 10.3. The first kappa shape index (κ1) is 18.2. The van der Waals surface area contributed by atoms with E-state index in [0.717, 1.165) is 59.8 Å². The fraction of sp³-hybridized carbons (Fsp3) is 0.286. The minimum absolute atomic E-state index is 0.306. The topological polar surface area (TPSA) is 98.7 Å². The van der Waals surface area contributed by atoms with Crippen molar-refractivity contribution >= 4 is 11.4 Å². The van der Waals surface area contributed by atoms with Crippen LogP contribution in [0.15, 0.2) is 48.5 Å². The standard InChI is InChI=1S/C21H25N5O2/c1-27-19(23)11-15(12-22)14-2-3-17-16(10-14)13-28-21-18(17)4-5-20(25-21)26-8-6-24-7-9-26/h2-5,10-12,24H,6-9,13,22-23H2,1H3/b15-12+,19-11+. The lowest BCUT2D eigenvalue weighted by atomic mass is 9.94. The first-order chi connectivity index (χ1) is 13.7. The van der Waals surface area contributed by atoms with Crippen molar-refractivity contribution in [2.75, 3.05) is 38.2 Å². The lowest BCUT2D eigenvalue weighted by Gasteiger charge is -2.29. The maximum Gasteiger partial charge on any atom is 0.223 e. The average Bonchev–Trinajstić information content (AvgIpc) is 2.77. The lowest BCUT2D eigenvalue weighted by molar-refractivity contribution is 0.288. The highest BCUT2D eigenvalue weighted by Gasteiger charge is 2.21. The molecule has 7 heteroatoms. The van der Waals surface area contributed by atoms with Gasteiger partial charge in [0.2, 0.25) is 5.88 Å². The fourth-order valence-corrected chi connectivity index (χ4v) is 3.56. The molecule has 0 amide bonds. The number of piperazine rings is 1. The van der Waals surface area contributed by atoms with Gasteiger partial charge in [0.25, 0.3) is 0 Å². The Kier molecular flexibility index (Phi) is 5.08. The molecular weight excluding hydrogens is 354 g/mol. The first-order valence-electron chi connectivity index (χ1n) is 9.36. The van der Waals surface area contributed by atoms with Crippen molar-refractivity contribution in [3.63, 3.8) is 0 Å². The van der Waals surface area contributed by atoms with Crippen molar-refractivity contribution < 1.29 is 9.47 Å². The molecule has 2 aliphatic rings. The van der Waals surface area contributed by atoms with E-state index in [2.05, 4.69) is 34.5 Å². The third-order valence-corrected chi connectivity index (χ3v) is 5.09. The zero-order chi connectivity index (χ0) is 19.5. The van der Waals surface area contributed by atoms with Crippen LogP contribution >= 0.6 is 0 Å². The van der Waals surface area contributed by atoms with Gasteiger partial charge < -0.3 is 31.2 Å². The predicted octanol–water partition coefficient (Wildman–Crippen LogP) is 1.80. The Morgan fingerprint density at radius 2 is 2.00 bits per heavy atom. The summed E-state index contributed by atoms with van der Waals surface area (Å²) < 4.78 is 11.0. The maximum atomic E-state index is 5.98. The molecule has 2 aliphatic heterocycles. The van der Waals surface area contributed by atoms with E-state index in [4.69, 9.17) is 25.9 Å². The number of nitrogens with one attached hydrogen (secondary N) is 1. The maximum absolute atomic E-state index is 5.98. The second kappa shape index (κ2) is 7.82. The van der Waals surface area contributed by atoms with E-state index in [1.165, 1.54) is 13.3 Å². The third-order valence-electron chi connectivity index (χ3n) is 5.09. The quantitative estimate of drug-likeness (QED) is 0.550. The minimum Gasteiger partial charge on any atom is -0.483 e. The van der Waals surface area contributed by atoms with E-state index in [9.17, 15) is 0 Å². The summed E-state index contributed by atoms with van der Waals surface area (Å²) in [7, 11) is 1.53. The number of nitrogens with two attached hydrogens (primary N) is 2. The van der Waals surface area contributed by atoms with Crippen LogP contribution in [0.2, 0.25) is 0 Å². The van der Waals surface area contributed by atoms with Crippen molar-refractivity contribution in [1.29, 1.82) is 0 Å². The summed E-state index contributed by atoms with van der Waals surface area (Å²) in [5, 5.41) is 3.36. The summed E-state index contributed by atoms with van der Waals surface area (Å²) in [6.45, 7) is 4.33. The number of ether oxygens (including phenoxy) is 2. The number of methoxy groups -OCH3 is 1. The van der Waals surface area contributed by atoms with Gasteiger partial charge in [-0.3, -0.25) is 0 Å². The van der Waals surface area contributed by atoms with Crippen LogP contribution in [0.4, 0.5) is 5.82 Å². The third kappa shape index (κ3) is 3.48. The molecular formula is C21H25N5O2. The number of fused-ring (bicyclic) bond motifs is 3. The summed E-state index contributed by atoms with van der Waals surface area (Å²) in [4.78, 5) is 7.04. The van der Waals surface area contributed by atoms with E-state index in [1.807, 2.05) is 6.07 Å². The largest absolute Gasteiger partial charge is 0.483 e. The molecule has 0 atom stereocenters. The molecule has 2 aromatic rings. The molecule has 1 saturated heterocycles.